The van der Waals surface area contributed by atoms with Gasteiger partial charge in [0.15, 0.2) is 0 Å². The fourth-order valence-corrected chi connectivity index (χ4v) is 5.08. The van der Waals surface area contributed by atoms with Gasteiger partial charge in [-0.15, -0.1) is 0 Å². The number of nitro groups is 1. The molecule has 3 aromatic rings. The number of carbonyl (C=O) groups excluding carboxylic acids is 1. The molecule has 0 unspecified atom stereocenters. The Hall–Kier alpha value is -3.31. The maximum absolute atomic E-state index is 13.0. The molecule has 11 heteroatoms. The van der Waals surface area contributed by atoms with Gasteiger partial charge in [0.25, 0.3) is 5.69 Å². The van der Waals surface area contributed by atoms with Crippen LogP contribution in [0.4, 0.5) is 5.69 Å². The van der Waals surface area contributed by atoms with Gasteiger partial charge in [0.05, 0.1) is 15.9 Å². The summed E-state index contributed by atoms with van der Waals surface area (Å²) in [5.74, 6) is -0.844. The summed E-state index contributed by atoms with van der Waals surface area (Å²) in [6, 6.07) is 21.1. The molecule has 3 rings (SSSR count). The lowest BCUT2D eigenvalue weighted by molar-refractivity contribution is -0.384. The molecule has 2 atom stereocenters. The zero-order valence-corrected chi connectivity index (χ0v) is 21.5. The summed E-state index contributed by atoms with van der Waals surface area (Å²) in [5.41, 5.74) is 1.66. The topological polar surface area (TPSA) is 139 Å². The molecule has 0 radical (unpaired) electrons. The molecule has 0 aliphatic rings. The number of hydrogen-bond donors (Lipinski definition) is 3. The van der Waals surface area contributed by atoms with E-state index in [1.54, 1.807) is 6.07 Å². The Labute approximate surface area is 220 Å². The van der Waals surface area contributed by atoms with Crippen molar-refractivity contribution in [3.05, 3.63) is 105 Å². The Morgan fingerprint density at radius 3 is 2.32 bits per heavy atom. The summed E-state index contributed by atoms with van der Waals surface area (Å²) >= 11 is 6.01. The molecule has 0 bridgehead atoms. The van der Waals surface area contributed by atoms with Gasteiger partial charge in [-0.2, -0.15) is 0 Å². The lowest BCUT2D eigenvalue weighted by atomic mass is 9.92. The third-order valence-electron chi connectivity index (χ3n) is 5.72. The number of sulfonamides is 1. The summed E-state index contributed by atoms with van der Waals surface area (Å²) in [5, 5.41) is 24.9. The van der Waals surface area contributed by atoms with E-state index in [0.29, 0.717) is 24.4 Å². The predicted molar refractivity (Wildman–Crippen MR) is 141 cm³/mol. The van der Waals surface area contributed by atoms with E-state index in [-0.39, 0.29) is 29.5 Å². The highest BCUT2D eigenvalue weighted by atomic mass is 35.5. The number of rotatable bonds is 13. The highest BCUT2D eigenvalue weighted by Crippen LogP contribution is 2.18. The zero-order valence-electron chi connectivity index (χ0n) is 19.9. The van der Waals surface area contributed by atoms with Crippen LogP contribution >= 0.6 is 11.6 Å². The van der Waals surface area contributed by atoms with E-state index in [1.165, 1.54) is 0 Å². The number of nitro benzene ring substituents is 1. The van der Waals surface area contributed by atoms with Gasteiger partial charge in [-0.25, -0.2) is 13.1 Å². The van der Waals surface area contributed by atoms with Crippen molar-refractivity contribution in [2.75, 3.05) is 13.1 Å². The van der Waals surface area contributed by atoms with Crippen LogP contribution in [-0.4, -0.2) is 43.5 Å². The summed E-state index contributed by atoms with van der Waals surface area (Å²) in [7, 11) is -4.01. The van der Waals surface area contributed by atoms with Gasteiger partial charge in [0, 0.05) is 36.2 Å². The van der Waals surface area contributed by atoms with Gasteiger partial charge in [-0.3, -0.25) is 14.9 Å². The average Bonchev–Trinajstić information content (AvgIpc) is 2.88. The van der Waals surface area contributed by atoms with Crippen LogP contribution in [0, 0.1) is 16.0 Å². The van der Waals surface area contributed by atoms with Crippen LogP contribution in [0.2, 0.25) is 5.02 Å². The number of halogens is 1. The molecule has 0 saturated heterocycles. The van der Waals surface area contributed by atoms with Crippen molar-refractivity contribution < 1.29 is 23.2 Å². The second-order valence-corrected chi connectivity index (χ2v) is 10.8. The Bertz CT molecular complexity index is 1300. The number of nitrogens with one attached hydrogen (secondary N) is 2. The Balaban J connectivity index is 1.60. The molecule has 0 fully saturated rings. The zero-order chi connectivity index (χ0) is 26.8. The summed E-state index contributed by atoms with van der Waals surface area (Å²) < 4.78 is 27.4. The van der Waals surface area contributed by atoms with E-state index in [1.807, 2.05) is 48.5 Å². The molecule has 0 aliphatic heterocycles. The van der Waals surface area contributed by atoms with Crippen molar-refractivity contribution in [3.8, 4) is 0 Å². The van der Waals surface area contributed by atoms with Gasteiger partial charge in [-0.05, 0) is 54.7 Å². The minimum atomic E-state index is -4.01. The van der Waals surface area contributed by atoms with Crippen molar-refractivity contribution in [2.24, 2.45) is 5.92 Å². The Kier molecular flexibility index (Phi) is 10.2. The number of nitrogens with zero attached hydrogens (tertiary/aromatic N) is 1. The molecule has 9 nitrogen and oxygen atoms in total. The number of carbonyl (C=O) groups is 1. The molecule has 0 heterocycles. The number of non-ortho nitro benzene ring substituents is 1. The Morgan fingerprint density at radius 2 is 1.68 bits per heavy atom. The molecular weight excluding hydrogens is 518 g/mol. The molecule has 0 saturated carbocycles. The maximum atomic E-state index is 13.0. The van der Waals surface area contributed by atoms with Crippen LogP contribution < -0.4 is 10.0 Å². The molecule has 0 aliphatic carbocycles. The number of aliphatic hydroxyl groups is 1. The SMILES string of the molecule is O=C(NCCc1cccc(Cl)c1)[C@@H](Cc1ccccc1)C[C@H](O)CNS(=O)(=O)c1ccc([N+](=O)[O-])cc1. The largest absolute Gasteiger partial charge is 0.392 e. The fourth-order valence-electron chi connectivity index (χ4n) is 3.80. The smallest absolute Gasteiger partial charge is 0.269 e. The molecule has 0 aromatic heterocycles. The normalized spacial score (nSPS) is 13.0. The highest BCUT2D eigenvalue weighted by molar-refractivity contribution is 7.89. The number of amides is 1. The third-order valence-corrected chi connectivity index (χ3v) is 7.40. The van der Waals surface area contributed by atoms with Crippen LogP contribution in [0.5, 0.6) is 0 Å². The van der Waals surface area contributed by atoms with Crippen LogP contribution in [0.15, 0.2) is 83.8 Å². The molecule has 1 amide bonds. The maximum Gasteiger partial charge on any atom is 0.269 e. The van der Waals surface area contributed by atoms with E-state index in [9.17, 15) is 28.4 Å². The standard InChI is InChI=1S/C26H28ClN3O6S/c27-22-8-4-7-20(16-22)13-14-28-26(32)21(15-19-5-2-1-3-6-19)17-24(31)18-29-37(35,36)25-11-9-23(10-12-25)30(33)34/h1-12,16,21,24,29,31H,13-15,17-18H2,(H,28,32)/t21-,24-/m0/s1. The number of hydrogen-bond acceptors (Lipinski definition) is 6. The first kappa shape index (κ1) is 28.3. The van der Waals surface area contributed by atoms with Crippen LogP contribution in [0.25, 0.3) is 0 Å². The number of benzene rings is 3. The predicted octanol–water partition coefficient (Wildman–Crippen LogP) is 3.50. The molecular formula is C26H28ClN3O6S. The lowest BCUT2D eigenvalue weighted by Gasteiger charge is -2.21. The molecule has 0 spiro atoms. The first-order chi connectivity index (χ1) is 17.6. The lowest BCUT2D eigenvalue weighted by Crippen LogP contribution is -2.38. The van der Waals surface area contributed by atoms with E-state index in [4.69, 9.17) is 11.6 Å². The average molecular weight is 546 g/mol. The molecule has 3 N–H and O–H groups in total. The minimum Gasteiger partial charge on any atom is -0.392 e. The molecule has 3 aromatic carbocycles. The fraction of sp³-hybridized carbons (Fsp3) is 0.269. The summed E-state index contributed by atoms with van der Waals surface area (Å²) in [6.45, 7) is 0.0632. The van der Waals surface area contributed by atoms with Crippen LogP contribution in [0.3, 0.4) is 0 Å². The molecule has 37 heavy (non-hydrogen) atoms. The van der Waals surface area contributed by atoms with Crippen molar-refractivity contribution >= 4 is 33.2 Å². The van der Waals surface area contributed by atoms with E-state index in [2.05, 4.69) is 10.0 Å². The highest BCUT2D eigenvalue weighted by Gasteiger charge is 2.24. The van der Waals surface area contributed by atoms with E-state index < -0.39 is 27.0 Å². The summed E-state index contributed by atoms with van der Waals surface area (Å²) in [6.07, 6.45) is -0.154. The van der Waals surface area contributed by atoms with Crippen LogP contribution in [0.1, 0.15) is 17.5 Å². The second-order valence-electron chi connectivity index (χ2n) is 8.55. The van der Waals surface area contributed by atoms with E-state index >= 15 is 0 Å². The van der Waals surface area contributed by atoms with Crippen LogP contribution in [-0.2, 0) is 27.7 Å². The van der Waals surface area contributed by atoms with Crippen molar-refractivity contribution in [2.45, 2.75) is 30.3 Å². The minimum absolute atomic E-state index is 0.0284. The third kappa shape index (κ3) is 8.94. The number of aliphatic hydroxyl groups excluding tert-OH is 1. The van der Waals surface area contributed by atoms with Gasteiger partial charge < -0.3 is 10.4 Å². The van der Waals surface area contributed by atoms with Crippen molar-refractivity contribution in [1.29, 1.82) is 0 Å². The van der Waals surface area contributed by atoms with Gasteiger partial charge in [-0.1, -0.05) is 54.1 Å². The Morgan fingerprint density at radius 1 is 1.00 bits per heavy atom. The first-order valence-electron chi connectivity index (χ1n) is 11.6. The van der Waals surface area contributed by atoms with E-state index in [0.717, 1.165) is 35.4 Å². The quantitative estimate of drug-likeness (QED) is 0.222. The summed E-state index contributed by atoms with van der Waals surface area (Å²) in [4.78, 5) is 23.0. The first-order valence-corrected chi connectivity index (χ1v) is 13.5. The second kappa shape index (κ2) is 13.3. The van der Waals surface area contributed by atoms with Crippen molar-refractivity contribution in [3.63, 3.8) is 0 Å². The molecule has 196 valence electrons. The van der Waals surface area contributed by atoms with Gasteiger partial charge in [0.1, 0.15) is 0 Å². The monoisotopic (exact) mass is 545 g/mol. The van der Waals surface area contributed by atoms with Gasteiger partial charge in [0.2, 0.25) is 15.9 Å². The van der Waals surface area contributed by atoms with Crippen molar-refractivity contribution in [1.82, 2.24) is 10.0 Å². The van der Waals surface area contributed by atoms with Gasteiger partial charge >= 0.3 is 0 Å².